The number of nitrogens with two attached hydrogens (primary N) is 1. The maximum absolute atomic E-state index is 11.7. The van der Waals surface area contributed by atoms with Gasteiger partial charge in [-0.3, -0.25) is 9.36 Å². The topological polar surface area (TPSA) is 107 Å². The zero-order valence-electron chi connectivity index (χ0n) is 9.24. The lowest BCUT2D eigenvalue weighted by atomic mass is 10.0. The number of ketones is 1. The summed E-state index contributed by atoms with van der Waals surface area (Å²) in [5, 5.41) is 8.96. The fourth-order valence-electron chi connectivity index (χ4n) is 1.85. The van der Waals surface area contributed by atoms with E-state index in [1.807, 2.05) is 0 Å². The summed E-state index contributed by atoms with van der Waals surface area (Å²) in [6.07, 6.45) is -0.182. The first-order valence-electron chi connectivity index (χ1n) is 5.19. The Hall–Kier alpha value is -1.73. The minimum Gasteiger partial charge on any atom is -0.393 e. The molecule has 7 heteroatoms. The van der Waals surface area contributed by atoms with Crippen molar-refractivity contribution >= 4 is 11.6 Å². The van der Waals surface area contributed by atoms with Crippen LogP contribution in [0.4, 0.5) is 5.82 Å². The van der Waals surface area contributed by atoms with Crippen molar-refractivity contribution in [3.63, 3.8) is 0 Å². The zero-order chi connectivity index (χ0) is 12.6. The lowest BCUT2D eigenvalue weighted by Crippen LogP contribution is -2.30. The monoisotopic (exact) mass is 239 g/mol. The number of aliphatic hydroxyl groups excluding tert-OH is 1. The summed E-state index contributed by atoms with van der Waals surface area (Å²) in [4.78, 5) is 26.8. The van der Waals surface area contributed by atoms with Gasteiger partial charge >= 0.3 is 5.69 Å². The molecule has 2 rings (SSSR count). The summed E-state index contributed by atoms with van der Waals surface area (Å²) in [7, 11) is 0. The van der Waals surface area contributed by atoms with E-state index < -0.39 is 30.5 Å². The molecule has 0 aliphatic carbocycles. The molecule has 1 aliphatic rings. The predicted molar refractivity (Wildman–Crippen MR) is 58.1 cm³/mol. The number of nitrogens with zero attached hydrogens (tertiary/aromatic N) is 2. The van der Waals surface area contributed by atoms with Crippen molar-refractivity contribution in [3.8, 4) is 0 Å². The normalized spacial score (nSPS) is 28.6. The van der Waals surface area contributed by atoms with Crippen LogP contribution in [0.3, 0.4) is 0 Å². The van der Waals surface area contributed by atoms with Crippen molar-refractivity contribution in [3.05, 3.63) is 22.7 Å². The Labute approximate surface area is 96.8 Å². The largest absolute Gasteiger partial charge is 0.393 e. The SMILES string of the molecule is CC1C(=O)C(CO)OC1n1ccc(N)nc1=O. The van der Waals surface area contributed by atoms with Crippen molar-refractivity contribution in [2.24, 2.45) is 5.92 Å². The predicted octanol–water partition coefficient (Wildman–Crippen LogP) is -1.08. The molecule has 1 aromatic rings. The molecule has 0 saturated carbocycles. The molecule has 17 heavy (non-hydrogen) atoms. The highest BCUT2D eigenvalue weighted by Gasteiger charge is 2.41. The summed E-state index contributed by atoms with van der Waals surface area (Å²) >= 11 is 0. The van der Waals surface area contributed by atoms with Crippen LogP contribution in [0.15, 0.2) is 17.1 Å². The van der Waals surface area contributed by atoms with Crippen LogP contribution in [0.1, 0.15) is 13.2 Å². The zero-order valence-corrected chi connectivity index (χ0v) is 9.24. The van der Waals surface area contributed by atoms with E-state index in [1.165, 1.54) is 16.8 Å². The van der Waals surface area contributed by atoms with E-state index in [0.717, 1.165) is 0 Å². The lowest BCUT2D eigenvalue weighted by molar-refractivity contribution is -0.126. The van der Waals surface area contributed by atoms with Crippen LogP contribution in [0.2, 0.25) is 0 Å². The van der Waals surface area contributed by atoms with Crippen LogP contribution in [-0.4, -0.2) is 33.2 Å². The second-order valence-electron chi connectivity index (χ2n) is 3.93. The van der Waals surface area contributed by atoms with Gasteiger partial charge in [0.05, 0.1) is 12.5 Å². The van der Waals surface area contributed by atoms with Crippen LogP contribution in [-0.2, 0) is 9.53 Å². The molecule has 0 spiro atoms. The maximum Gasteiger partial charge on any atom is 0.351 e. The summed E-state index contributed by atoms with van der Waals surface area (Å²) in [5.74, 6) is -0.613. The van der Waals surface area contributed by atoms with Gasteiger partial charge in [-0.05, 0) is 6.07 Å². The highest BCUT2D eigenvalue weighted by molar-refractivity contribution is 5.87. The van der Waals surface area contributed by atoms with Gasteiger partial charge in [0.15, 0.2) is 5.78 Å². The number of aromatic nitrogens is 2. The van der Waals surface area contributed by atoms with Gasteiger partial charge in [0, 0.05) is 6.20 Å². The number of hydrogen-bond acceptors (Lipinski definition) is 6. The Morgan fingerprint density at radius 3 is 2.82 bits per heavy atom. The molecule has 0 bridgehead atoms. The van der Waals surface area contributed by atoms with E-state index in [2.05, 4.69) is 4.98 Å². The molecule has 1 saturated heterocycles. The molecule has 0 aromatic carbocycles. The molecule has 3 unspecified atom stereocenters. The third kappa shape index (κ3) is 1.94. The molecular formula is C10H13N3O4. The molecule has 92 valence electrons. The van der Waals surface area contributed by atoms with Crippen molar-refractivity contribution in [2.75, 3.05) is 12.3 Å². The minimum atomic E-state index is -0.876. The van der Waals surface area contributed by atoms with Crippen molar-refractivity contribution in [1.82, 2.24) is 9.55 Å². The van der Waals surface area contributed by atoms with Gasteiger partial charge in [-0.15, -0.1) is 0 Å². The summed E-state index contributed by atoms with van der Waals surface area (Å²) < 4.78 is 6.53. The van der Waals surface area contributed by atoms with Gasteiger partial charge in [0.2, 0.25) is 0 Å². The highest BCUT2D eigenvalue weighted by Crippen LogP contribution is 2.29. The van der Waals surface area contributed by atoms with Gasteiger partial charge in [-0.2, -0.15) is 4.98 Å². The van der Waals surface area contributed by atoms with E-state index in [4.69, 9.17) is 15.6 Å². The number of nitrogen functional groups attached to an aromatic ring is 1. The van der Waals surface area contributed by atoms with Crippen LogP contribution < -0.4 is 11.4 Å². The Bertz CT molecular complexity index is 499. The Morgan fingerprint density at radius 2 is 2.29 bits per heavy atom. The molecule has 3 N–H and O–H groups in total. The molecule has 0 radical (unpaired) electrons. The third-order valence-corrected chi connectivity index (χ3v) is 2.79. The standard InChI is InChI=1S/C10H13N3O4/c1-5-8(15)6(4-14)17-9(5)13-3-2-7(11)12-10(13)16/h2-3,5-6,9,14H,4H2,1H3,(H2,11,12,16). The number of rotatable bonds is 2. The fourth-order valence-corrected chi connectivity index (χ4v) is 1.85. The summed E-state index contributed by atoms with van der Waals surface area (Å²) in [6.45, 7) is 1.25. The van der Waals surface area contributed by atoms with Gasteiger partial charge < -0.3 is 15.6 Å². The van der Waals surface area contributed by atoms with Gasteiger partial charge in [-0.25, -0.2) is 4.79 Å². The Morgan fingerprint density at radius 1 is 1.59 bits per heavy atom. The van der Waals surface area contributed by atoms with E-state index >= 15 is 0 Å². The van der Waals surface area contributed by atoms with E-state index in [1.54, 1.807) is 6.92 Å². The summed E-state index contributed by atoms with van der Waals surface area (Å²) in [5.41, 5.74) is 4.79. The van der Waals surface area contributed by atoms with Crippen LogP contribution in [0.25, 0.3) is 0 Å². The molecule has 1 aromatic heterocycles. The van der Waals surface area contributed by atoms with Crippen molar-refractivity contribution < 1.29 is 14.6 Å². The van der Waals surface area contributed by atoms with E-state index in [-0.39, 0.29) is 11.6 Å². The number of ether oxygens (including phenoxy) is 1. The average molecular weight is 239 g/mol. The molecule has 3 atom stereocenters. The van der Waals surface area contributed by atoms with Gasteiger partial charge in [-0.1, -0.05) is 6.92 Å². The smallest absolute Gasteiger partial charge is 0.351 e. The van der Waals surface area contributed by atoms with E-state index in [9.17, 15) is 9.59 Å². The number of carbonyl (C=O) groups is 1. The number of carbonyl (C=O) groups excluding carboxylic acids is 1. The van der Waals surface area contributed by atoms with Crippen LogP contribution in [0, 0.1) is 5.92 Å². The molecule has 0 amide bonds. The van der Waals surface area contributed by atoms with Crippen LogP contribution in [0.5, 0.6) is 0 Å². The first kappa shape index (κ1) is 11.7. The number of Topliss-reactive ketones (excluding diaryl/α,β-unsaturated/α-hetero) is 1. The highest BCUT2D eigenvalue weighted by atomic mass is 16.5. The second kappa shape index (κ2) is 4.27. The first-order valence-corrected chi connectivity index (χ1v) is 5.19. The number of hydrogen-bond donors (Lipinski definition) is 2. The fraction of sp³-hybridized carbons (Fsp3) is 0.500. The average Bonchev–Trinajstić information content (AvgIpc) is 2.57. The first-order chi connectivity index (χ1) is 8.04. The van der Waals surface area contributed by atoms with Crippen molar-refractivity contribution in [1.29, 1.82) is 0 Å². The molecule has 7 nitrogen and oxygen atoms in total. The number of aliphatic hydroxyl groups is 1. The molecule has 1 aliphatic heterocycles. The minimum absolute atomic E-state index is 0.113. The van der Waals surface area contributed by atoms with Gasteiger partial charge in [0.25, 0.3) is 0 Å². The quantitative estimate of drug-likeness (QED) is 0.679. The summed E-state index contributed by atoms with van der Waals surface area (Å²) in [6, 6.07) is 1.45. The van der Waals surface area contributed by atoms with Crippen LogP contribution >= 0.6 is 0 Å². The number of anilines is 1. The Balaban J connectivity index is 2.35. The Kier molecular flexibility index (Phi) is 2.95. The van der Waals surface area contributed by atoms with Gasteiger partial charge in [0.1, 0.15) is 18.1 Å². The molecular weight excluding hydrogens is 226 g/mol. The van der Waals surface area contributed by atoms with Crippen molar-refractivity contribution in [2.45, 2.75) is 19.3 Å². The maximum atomic E-state index is 11.7. The van der Waals surface area contributed by atoms with E-state index in [0.29, 0.717) is 0 Å². The second-order valence-corrected chi connectivity index (χ2v) is 3.93. The molecule has 2 heterocycles. The lowest BCUT2D eigenvalue weighted by Gasteiger charge is -2.16. The third-order valence-electron chi connectivity index (χ3n) is 2.79. The molecule has 1 fully saturated rings.